The summed E-state index contributed by atoms with van der Waals surface area (Å²) in [7, 11) is 0. The normalized spacial score (nSPS) is 13.1. The molecule has 148 valence electrons. The number of carbonyl (C=O) groups excluding carboxylic acids is 3. The number of carbonyl (C=O) groups is 3. The van der Waals surface area contributed by atoms with Crippen LogP contribution in [-0.4, -0.2) is 27.6 Å². The molecule has 0 spiro atoms. The molecule has 1 aliphatic carbocycles. The Labute approximate surface area is 171 Å². The third kappa shape index (κ3) is 3.84. The zero-order valence-electron chi connectivity index (χ0n) is 16.1. The second-order valence-corrected chi connectivity index (χ2v) is 7.86. The molecule has 3 N–H and O–H groups in total. The number of rotatable bonds is 4. The number of Topliss-reactive ketones (excluding diaryl/α,β-unsaturated/α-hetero) is 1. The lowest BCUT2D eigenvalue weighted by atomic mass is 9.94. The van der Waals surface area contributed by atoms with Crippen molar-refractivity contribution >= 4 is 39.8 Å². The first-order chi connectivity index (χ1) is 13.9. The van der Waals surface area contributed by atoms with Crippen LogP contribution in [-0.2, 0) is 11.2 Å². The summed E-state index contributed by atoms with van der Waals surface area (Å²) in [6, 6.07) is 7.33. The number of aromatic nitrogens is 2. The van der Waals surface area contributed by atoms with Gasteiger partial charge in [-0.2, -0.15) is 0 Å². The number of nitrogens with zero attached hydrogens (tertiary/aromatic N) is 1. The van der Waals surface area contributed by atoms with Gasteiger partial charge in [0.2, 0.25) is 5.91 Å². The van der Waals surface area contributed by atoms with E-state index in [1.165, 1.54) is 18.3 Å². The third-order valence-electron chi connectivity index (χ3n) is 4.89. The highest BCUT2D eigenvalue weighted by Gasteiger charge is 2.26. The van der Waals surface area contributed by atoms with Crippen LogP contribution in [0, 0.1) is 6.92 Å². The molecule has 0 aliphatic heterocycles. The number of fused-ring (bicyclic) bond motifs is 1. The Kier molecular flexibility index (Phi) is 5.02. The molecule has 4 rings (SSSR count). The molecule has 0 saturated carbocycles. The number of anilines is 2. The highest BCUT2D eigenvalue weighted by atomic mass is 32.1. The van der Waals surface area contributed by atoms with Crippen LogP contribution in [0.25, 0.3) is 11.3 Å². The number of ketones is 1. The van der Waals surface area contributed by atoms with Crippen LogP contribution in [0.4, 0.5) is 10.8 Å². The Hall–Kier alpha value is -3.26. The van der Waals surface area contributed by atoms with E-state index in [2.05, 4.69) is 20.6 Å². The average Bonchev–Trinajstić information content (AvgIpc) is 3.27. The zero-order chi connectivity index (χ0) is 20.5. The molecule has 0 saturated heterocycles. The van der Waals surface area contributed by atoms with E-state index in [1.807, 2.05) is 17.5 Å². The van der Waals surface area contributed by atoms with E-state index in [9.17, 15) is 14.4 Å². The Bertz CT molecular complexity index is 1110. The number of benzene rings is 1. The molecule has 0 unspecified atom stereocenters. The van der Waals surface area contributed by atoms with Crippen LogP contribution in [0.3, 0.4) is 0 Å². The van der Waals surface area contributed by atoms with Crippen molar-refractivity contribution in [3.05, 3.63) is 52.2 Å². The van der Waals surface area contributed by atoms with E-state index in [1.54, 1.807) is 19.1 Å². The minimum Gasteiger partial charge on any atom is -0.354 e. The second kappa shape index (κ2) is 7.63. The van der Waals surface area contributed by atoms with Crippen LogP contribution in [0.5, 0.6) is 0 Å². The summed E-state index contributed by atoms with van der Waals surface area (Å²) in [6.45, 7) is 3.26. The van der Waals surface area contributed by atoms with E-state index in [-0.39, 0.29) is 17.6 Å². The fraction of sp³-hybridized carbons (Fsp3) is 0.238. The second-order valence-electron chi connectivity index (χ2n) is 7.01. The van der Waals surface area contributed by atoms with Gasteiger partial charge >= 0.3 is 0 Å². The third-order valence-corrected chi connectivity index (χ3v) is 5.65. The van der Waals surface area contributed by atoms with Gasteiger partial charge in [-0.1, -0.05) is 12.1 Å². The fourth-order valence-electron chi connectivity index (χ4n) is 3.55. The van der Waals surface area contributed by atoms with Gasteiger partial charge in [0.15, 0.2) is 10.9 Å². The predicted octanol–water partition coefficient (Wildman–Crippen LogP) is 4.18. The van der Waals surface area contributed by atoms with Crippen molar-refractivity contribution in [2.75, 3.05) is 10.6 Å². The summed E-state index contributed by atoms with van der Waals surface area (Å²) in [5.41, 5.74) is 4.97. The van der Waals surface area contributed by atoms with E-state index in [0.29, 0.717) is 34.1 Å². The number of thiazole rings is 1. The highest BCUT2D eigenvalue weighted by molar-refractivity contribution is 7.14. The van der Waals surface area contributed by atoms with Crippen LogP contribution in [0.2, 0.25) is 0 Å². The van der Waals surface area contributed by atoms with Gasteiger partial charge in [0, 0.05) is 41.2 Å². The first-order valence-corrected chi connectivity index (χ1v) is 10.2. The molecule has 0 bridgehead atoms. The Morgan fingerprint density at radius 3 is 2.59 bits per heavy atom. The van der Waals surface area contributed by atoms with E-state index in [0.717, 1.165) is 29.8 Å². The number of H-pyrrole nitrogens is 1. The van der Waals surface area contributed by atoms with Gasteiger partial charge < -0.3 is 10.3 Å². The van der Waals surface area contributed by atoms with Gasteiger partial charge in [-0.05, 0) is 37.5 Å². The molecule has 0 radical (unpaired) electrons. The maximum atomic E-state index is 12.7. The molecule has 2 amide bonds. The van der Waals surface area contributed by atoms with Crippen molar-refractivity contribution in [2.45, 2.75) is 33.1 Å². The molecule has 1 aromatic carbocycles. The standard InChI is InChI=1S/C21H20N4O3S/c1-11-18-15(4-3-5-17(18)27)23-19(11)20(28)25-21-24-16(10-29-21)13-6-8-14(9-7-13)22-12(2)26/h6-10,23H,3-5H2,1-2H3,(H,22,26)(H,24,25,28). The summed E-state index contributed by atoms with van der Waals surface area (Å²) < 4.78 is 0. The van der Waals surface area contributed by atoms with E-state index < -0.39 is 0 Å². The van der Waals surface area contributed by atoms with Gasteiger partial charge in [0.05, 0.1) is 5.69 Å². The number of aromatic amines is 1. The first-order valence-electron chi connectivity index (χ1n) is 9.32. The Morgan fingerprint density at radius 1 is 1.14 bits per heavy atom. The monoisotopic (exact) mass is 408 g/mol. The molecule has 0 atom stereocenters. The van der Waals surface area contributed by atoms with Crippen LogP contribution >= 0.6 is 11.3 Å². The Morgan fingerprint density at radius 2 is 1.90 bits per heavy atom. The van der Waals surface area contributed by atoms with Gasteiger partial charge in [0.25, 0.3) is 5.91 Å². The molecule has 3 aromatic rings. The van der Waals surface area contributed by atoms with Crippen molar-refractivity contribution in [1.29, 1.82) is 0 Å². The molecule has 2 heterocycles. The number of hydrogen-bond acceptors (Lipinski definition) is 5. The molecule has 8 heteroatoms. The maximum absolute atomic E-state index is 12.7. The molecular weight excluding hydrogens is 388 g/mol. The van der Waals surface area contributed by atoms with Crippen molar-refractivity contribution in [1.82, 2.24) is 9.97 Å². The molecule has 29 heavy (non-hydrogen) atoms. The largest absolute Gasteiger partial charge is 0.354 e. The lowest BCUT2D eigenvalue weighted by molar-refractivity contribution is -0.114. The number of nitrogens with one attached hydrogen (secondary N) is 3. The molecule has 0 fully saturated rings. The van der Waals surface area contributed by atoms with Crippen LogP contribution in [0.1, 0.15) is 51.9 Å². The predicted molar refractivity (Wildman–Crippen MR) is 113 cm³/mol. The lowest BCUT2D eigenvalue weighted by Crippen LogP contribution is -2.13. The fourth-order valence-corrected chi connectivity index (χ4v) is 4.27. The zero-order valence-corrected chi connectivity index (χ0v) is 16.9. The minimum absolute atomic E-state index is 0.0956. The summed E-state index contributed by atoms with van der Waals surface area (Å²) in [5, 5.41) is 7.88. The van der Waals surface area contributed by atoms with E-state index >= 15 is 0 Å². The van der Waals surface area contributed by atoms with Crippen molar-refractivity contribution in [3.8, 4) is 11.3 Å². The van der Waals surface area contributed by atoms with Crippen molar-refractivity contribution in [2.24, 2.45) is 0 Å². The van der Waals surface area contributed by atoms with Crippen molar-refractivity contribution in [3.63, 3.8) is 0 Å². The smallest absolute Gasteiger partial charge is 0.274 e. The van der Waals surface area contributed by atoms with Gasteiger partial charge in [-0.15, -0.1) is 11.3 Å². The number of amides is 2. The molecule has 2 aromatic heterocycles. The quantitative estimate of drug-likeness (QED) is 0.602. The van der Waals surface area contributed by atoms with E-state index in [4.69, 9.17) is 0 Å². The Balaban J connectivity index is 1.50. The summed E-state index contributed by atoms with van der Waals surface area (Å²) in [6.07, 6.45) is 2.12. The average molecular weight is 408 g/mol. The SMILES string of the molecule is CC(=O)Nc1ccc(-c2csc(NC(=O)c3[nH]c4c(c3C)C(=O)CCC4)n2)cc1. The summed E-state index contributed by atoms with van der Waals surface area (Å²) in [4.78, 5) is 43.6. The molecule has 1 aliphatic rings. The molecule has 7 nitrogen and oxygen atoms in total. The summed E-state index contributed by atoms with van der Waals surface area (Å²) >= 11 is 1.33. The van der Waals surface area contributed by atoms with Gasteiger partial charge in [0.1, 0.15) is 5.69 Å². The first kappa shape index (κ1) is 19.1. The maximum Gasteiger partial charge on any atom is 0.274 e. The lowest BCUT2D eigenvalue weighted by Gasteiger charge is -2.09. The van der Waals surface area contributed by atoms with Crippen LogP contribution in [0.15, 0.2) is 29.6 Å². The topological polar surface area (TPSA) is 104 Å². The van der Waals surface area contributed by atoms with Crippen molar-refractivity contribution < 1.29 is 14.4 Å². The highest BCUT2D eigenvalue weighted by Crippen LogP contribution is 2.29. The number of hydrogen-bond donors (Lipinski definition) is 3. The van der Waals surface area contributed by atoms with Gasteiger partial charge in [-0.3, -0.25) is 19.7 Å². The van der Waals surface area contributed by atoms with Gasteiger partial charge in [-0.25, -0.2) is 4.98 Å². The number of aryl methyl sites for hydroxylation is 1. The summed E-state index contributed by atoms with van der Waals surface area (Å²) in [5.74, 6) is -0.329. The molecular formula is C21H20N4O3S. The van der Waals surface area contributed by atoms with Crippen LogP contribution < -0.4 is 10.6 Å². The minimum atomic E-state index is -0.299.